The number of benzene rings is 10. The van der Waals surface area contributed by atoms with Gasteiger partial charge in [-0.1, -0.05) is 158 Å². The lowest BCUT2D eigenvalue weighted by Gasteiger charge is -2.26. The Morgan fingerprint density at radius 1 is 0.222 bits per heavy atom. The van der Waals surface area contributed by atoms with Gasteiger partial charge in [0.25, 0.3) is 0 Å². The molecule has 0 aliphatic heterocycles. The number of anilines is 3. The molecular formula is C60H41N3. The molecule has 0 amide bonds. The maximum atomic E-state index is 2.39. The number of nitrogens with zero attached hydrogens (tertiary/aromatic N) is 3. The molecule has 0 aliphatic carbocycles. The highest BCUT2D eigenvalue weighted by Gasteiger charge is 2.19. The maximum absolute atomic E-state index is 2.39. The average Bonchev–Trinajstić information content (AvgIpc) is 3.88. The summed E-state index contributed by atoms with van der Waals surface area (Å²) in [6.45, 7) is 0. The molecule has 0 fully saturated rings. The fourth-order valence-electron chi connectivity index (χ4n) is 9.50. The van der Waals surface area contributed by atoms with Crippen LogP contribution in [0.3, 0.4) is 0 Å². The second-order valence-corrected chi connectivity index (χ2v) is 16.2. The van der Waals surface area contributed by atoms with Gasteiger partial charge in [-0.2, -0.15) is 0 Å². The number of hydrogen-bond acceptors (Lipinski definition) is 1. The van der Waals surface area contributed by atoms with Crippen LogP contribution in [-0.4, -0.2) is 9.13 Å². The Hall–Kier alpha value is -8.40. The molecule has 3 heteroatoms. The van der Waals surface area contributed by atoms with Crippen molar-refractivity contribution in [1.82, 2.24) is 9.13 Å². The van der Waals surface area contributed by atoms with E-state index in [1.165, 1.54) is 77.0 Å². The first-order valence-electron chi connectivity index (χ1n) is 21.6. The van der Waals surface area contributed by atoms with Crippen molar-refractivity contribution in [2.45, 2.75) is 0 Å². The number of para-hydroxylation sites is 3. The summed E-state index contributed by atoms with van der Waals surface area (Å²) < 4.78 is 4.76. The second-order valence-electron chi connectivity index (χ2n) is 16.2. The van der Waals surface area contributed by atoms with Crippen LogP contribution in [0.4, 0.5) is 17.1 Å². The van der Waals surface area contributed by atoms with E-state index >= 15 is 0 Å². The third-order valence-electron chi connectivity index (χ3n) is 12.5. The molecule has 0 bridgehead atoms. The minimum atomic E-state index is 1.09. The van der Waals surface area contributed by atoms with Gasteiger partial charge in [-0.25, -0.2) is 0 Å². The molecule has 0 N–H and O–H groups in total. The number of fused-ring (bicyclic) bond motifs is 6. The van der Waals surface area contributed by atoms with Gasteiger partial charge in [0.15, 0.2) is 0 Å². The van der Waals surface area contributed by atoms with E-state index in [2.05, 4.69) is 263 Å². The monoisotopic (exact) mass is 803 g/mol. The standard InChI is InChI=1S/C60H41N3/c1-4-14-42(15-5-1)44-24-31-49(32-25-44)61(50-33-28-46(29-34-50)47-30-38-59-55(40-47)53-20-10-12-22-57(53)62(59)48-18-8-3-9-19-48)52-37-39-60-56(41-52)54-21-11-13-23-58(54)63(60)51-35-26-45(27-36-51)43-16-6-2-7-17-43/h1-41H. The van der Waals surface area contributed by atoms with Crippen LogP contribution in [0.2, 0.25) is 0 Å². The molecule has 0 aliphatic rings. The zero-order valence-corrected chi connectivity index (χ0v) is 34.5. The van der Waals surface area contributed by atoms with Crippen molar-refractivity contribution in [3.8, 4) is 44.8 Å². The Bertz CT molecular complexity index is 3570. The quantitative estimate of drug-likeness (QED) is 0.149. The first-order valence-corrected chi connectivity index (χ1v) is 21.6. The van der Waals surface area contributed by atoms with E-state index in [1.54, 1.807) is 0 Å². The minimum Gasteiger partial charge on any atom is -0.310 e. The molecule has 0 atom stereocenters. The maximum Gasteiger partial charge on any atom is 0.0542 e. The van der Waals surface area contributed by atoms with E-state index in [0.717, 1.165) is 28.4 Å². The summed E-state index contributed by atoms with van der Waals surface area (Å²) in [7, 11) is 0. The molecule has 2 aromatic heterocycles. The second kappa shape index (κ2) is 15.3. The van der Waals surface area contributed by atoms with Crippen molar-refractivity contribution in [3.63, 3.8) is 0 Å². The van der Waals surface area contributed by atoms with E-state index in [0.29, 0.717) is 0 Å². The van der Waals surface area contributed by atoms with Gasteiger partial charge < -0.3 is 14.0 Å². The zero-order chi connectivity index (χ0) is 41.7. The van der Waals surface area contributed by atoms with Crippen molar-refractivity contribution < 1.29 is 0 Å². The molecule has 10 aromatic carbocycles. The van der Waals surface area contributed by atoms with E-state index in [4.69, 9.17) is 0 Å². The molecule has 0 unspecified atom stereocenters. The van der Waals surface area contributed by atoms with Crippen LogP contribution in [0.1, 0.15) is 0 Å². The first-order chi connectivity index (χ1) is 31.2. The summed E-state index contributed by atoms with van der Waals surface area (Å²) in [6.07, 6.45) is 0. The van der Waals surface area contributed by atoms with Gasteiger partial charge in [-0.15, -0.1) is 0 Å². The summed E-state index contributed by atoms with van der Waals surface area (Å²) in [5.74, 6) is 0. The molecule has 0 radical (unpaired) electrons. The summed E-state index contributed by atoms with van der Waals surface area (Å²) >= 11 is 0. The van der Waals surface area contributed by atoms with Crippen molar-refractivity contribution in [1.29, 1.82) is 0 Å². The van der Waals surface area contributed by atoms with Crippen LogP contribution in [-0.2, 0) is 0 Å². The van der Waals surface area contributed by atoms with Crippen molar-refractivity contribution in [2.75, 3.05) is 4.90 Å². The largest absolute Gasteiger partial charge is 0.310 e. The fraction of sp³-hybridized carbons (Fsp3) is 0. The zero-order valence-electron chi connectivity index (χ0n) is 34.5. The van der Waals surface area contributed by atoms with Crippen molar-refractivity contribution in [2.24, 2.45) is 0 Å². The molecule has 3 nitrogen and oxygen atoms in total. The fourth-order valence-corrected chi connectivity index (χ4v) is 9.50. The van der Waals surface area contributed by atoms with Gasteiger partial charge in [-0.3, -0.25) is 0 Å². The normalized spacial score (nSPS) is 11.5. The summed E-state index contributed by atoms with van der Waals surface area (Å²) in [4.78, 5) is 2.38. The van der Waals surface area contributed by atoms with Gasteiger partial charge in [0, 0.05) is 50.0 Å². The number of hydrogen-bond donors (Lipinski definition) is 0. The Kier molecular flexibility index (Phi) is 8.83. The van der Waals surface area contributed by atoms with Gasteiger partial charge in [0.2, 0.25) is 0 Å². The molecular weight excluding hydrogens is 763 g/mol. The third kappa shape index (κ3) is 6.38. The lowest BCUT2D eigenvalue weighted by molar-refractivity contribution is 1.18. The molecule has 0 saturated heterocycles. The van der Waals surface area contributed by atoms with Gasteiger partial charge in [-0.05, 0) is 124 Å². The summed E-state index contributed by atoms with van der Waals surface area (Å²) in [6, 6.07) is 90.1. The third-order valence-corrected chi connectivity index (χ3v) is 12.5. The van der Waals surface area contributed by atoms with Crippen LogP contribution in [0.25, 0.3) is 88.4 Å². The van der Waals surface area contributed by atoms with Crippen LogP contribution in [0.15, 0.2) is 249 Å². The van der Waals surface area contributed by atoms with Crippen LogP contribution in [0, 0.1) is 0 Å². The van der Waals surface area contributed by atoms with Crippen LogP contribution < -0.4 is 4.90 Å². The van der Waals surface area contributed by atoms with Crippen molar-refractivity contribution >= 4 is 60.7 Å². The topological polar surface area (TPSA) is 13.1 Å². The first kappa shape index (κ1) is 36.5. The van der Waals surface area contributed by atoms with Gasteiger partial charge >= 0.3 is 0 Å². The number of aromatic nitrogens is 2. The smallest absolute Gasteiger partial charge is 0.0542 e. The Morgan fingerprint density at radius 3 is 1.11 bits per heavy atom. The average molecular weight is 804 g/mol. The molecule has 0 saturated carbocycles. The SMILES string of the molecule is c1ccc(-c2ccc(N(c3ccc(-c4ccc5c(c4)c4ccccc4n5-c4ccccc4)cc3)c3ccc4c(c3)c3ccccc3n4-c3ccc(-c4ccccc4)cc3)cc2)cc1. The highest BCUT2D eigenvalue weighted by atomic mass is 15.1. The highest BCUT2D eigenvalue weighted by molar-refractivity contribution is 6.12. The minimum absolute atomic E-state index is 1.09. The lowest BCUT2D eigenvalue weighted by Crippen LogP contribution is -2.10. The molecule has 0 spiro atoms. The van der Waals surface area contributed by atoms with E-state index in [9.17, 15) is 0 Å². The summed E-state index contributed by atoms with van der Waals surface area (Å²) in [5, 5.41) is 4.93. The van der Waals surface area contributed by atoms with E-state index in [-0.39, 0.29) is 0 Å². The Labute approximate surface area is 366 Å². The molecule has 296 valence electrons. The van der Waals surface area contributed by atoms with Crippen LogP contribution in [0.5, 0.6) is 0 Å². The van der Waals surface area contributed by atoms with Gasteiger partial charge in [0.05, 0.1) is 22.1 Å². The van der Waals surface area contributed by atoms with E-state index in [1.807, 2.05) is 0 Å². The van der Waals surface area contributed by atoms with E-state index < -0.39 is 0 Å². The Morgan fingerprint density at radius 2 is 0.571 bits per heavy atom. The van der Waals surface area contributed by atoms with Gasteiger partial charge in [0.1, 0.15) is 0 Å². The predicted octanol–water partition coefficient (Wildman–Crippen LogP) is 16.4. The van der Waals surface area contributed by atoms with Crippen LogP contribution >= 0.6 is 0 Å². The molecule has 12 aromatic rings. The molecule has 2 heterocycles. The highest BCUT2D eigenvalue weighted by Crippen LogP contribution is 2.42. The molecule has 12 rings (SSSR count). The number of rotatable bonds is 8. The lowest BCUT2D eigenvalue weighted by atomic mass is 10.0. The Balaban J connectivity index is 0.964. The van der Waals surface area contributed by atoms with Crippen molar-refractivity contribution in [3.05, 3.63) is 249 Å². The predicted molar refractivity (Wildman–Crippen MR) is 266 cm³/mol. The summed E-state index contributed by atoms with van der Waals surface area (Å²) in [5.41, 5.74) is 17.5. The molecule has 63 heavy (non-hydrogen) atoms.